The van der Waals surface area contributed by atoms with Crippen LogP contribution in [0.15, 0.2) is 46.9 Å². The van der Waals surface area contributed by atoms with E-state index in [1.54, 1.807) is 0 Å². The molecule has 20 heavy (non-hydrogen) atoms. The molecule has 0 bridgehead atoms. The van der Waals surface area contributed by atoms with Crippen LogP contribution in [0.2, 0.25) is 0 Å². The van der Waals surface area contributed by atoms with Crippen molar-refractivity contribution in [3.8, 4) is 0 Å². The van der Waals surface area contributed by atoms with E-state index in [0.29, 0.717) is 12.2 Å². The smallest absolute Gasteiger partial charge is 0.273 e. The van der Waals surface area contributed by atoms with E-state index in [0.717, 1.165) is 15.8 Å². The Morgan fingerprint density at radius 1 is 1.15 bits per heavy atom. The molecule has 0 saturated carbocycles. The van der Waals surface area contributed by atoms with Crippen LogP contribution in [0.4, 0.5) is 22.7 Å². The zero-order chi connectivity index (χ0) is 14.5. The number of rotatable bonds is 5. The molecule has 0 amide bonds. The summed E-state index contributed by atoms with van der Waals surface area (Å²) >= 11 is 3.39. The number of halogens is 1. The second kappa shape index (κ2) is 6.38. The van der Waals surface area contributed by atoms with Crippen molar-refractivity contribution < 1.29 is 4.92 Å². The van der Waals surface area contributed by atoms with Crippen LogP contribution in [0, 0.1) is 10.1 Å². The van der Waals surface area contributed by atoms with Crippen molar-refractivity contribution in [3.05, 3.63) is 57.1 Å². The fourth-order valence-corrected chi connectivity index (χ4v) is 2.23. The van der Waals surface area contributed by atoms with Gasteiger partial charge in [-0.25, -0.2) is 0 Å². The molecule has 0 heterocycles. The summed E-state index contributed by atoms with van der Waals surface area (Å²) in [6.07, 6.45) is 0. The van der Waals surface area contributed by atoms with Gasteiger partial charge < -0.3 is 10.6 Å². The second-order valence-corrected chi connectivity index (χ2v) is 5.11. The van der Waals surface area contributed by atoms with Crippen LogP contribution in [0.3, 0.4) is 0 Å². The Kier molecular flexibility index (Phi) is 4.57. The summed E-state index contributed by atoms with van der Waals surface area (Å²) in [5, 5.41) is 17.2. The largest absolute Gasteiger partial charge is 0.385 e. The maximum Gasteiger partial charge on any atom is 0.273 e. The fraction of sp³-hybridized carbons (Fsp3) is 0.143. The molecule has 0 aliphatic heterocycles. The summed E-state index contributed by atoms with van der Waals surface area (Å²) < 4.78 is 0.944. The Bertz CT molecular complexity index is 632. The molecule has 6 heteroatoms. The molecule has 0 atom stereocenters. The number of hydrogen-bond acceptors (Lipinski definition) is 4. The standard InChI is InChI=1S/C14H14BrN3O2/c1-2-16-12-7-13(9-14(8-12)18(19)20)17-11-5-3-4-10(15)6-11/h3-9,16-17H,2H2,1H3. The van der Waals surface area contributed by atoms with Crippen molar-refractivity contribution in [2.45, 2.75) is 6.92 Å². The first-order chi connectivity index (χ1) is 9.58. The van der Waals surface area contributed by atoms with Gasteiger partial charge in [-0.05, 0) is 31.2 Å². The number of nitro groups is 1. The Hall–Kier alpha value is -2.08. The van der Waals surface area contributed by atoms with Gasteiger partial charge in [0.25, 0.3) is 5.69 Å². The van der Waals surface area contributed by atoms with E-state index in [1.807, 2.05) is 37.3 Å². The normalized spacial score (nSPS) is 10.1. The number of nitrogens with zero attached hydrogens (tertiary/aromatic N) is 1. The van der Waals surface area contributed by atoms with Gasteiger partial charge in [0.1, 0.15) is 0 Å². The van der Waals surface area contributed by atoms with Crippen LogP contribution in [0.5, 0.6) is 0 Å². The number of benzene rings is 2. The molecule has 5 nitrogen and oxygen atoms in total. The highest BCUT2D eigenvalue weighted by Crippen LogP contribution is 2.27. The molecule has 0 aliphatic carbocycles. The highest BCUT2D eigenvalue weighted by atomic mass is 79.9. The SMILES string of the molecule is CCNc1cc(Nc2cccc(Br)c2)cc([N+](=O)[O-])c1. The highest BCUT2D eigenvalue weighted by Gasteiger charge is 2.09. The maximum absolute atomic E-state index is 11.0. The molecule has 2 N–H and O–H groups in total. The van der Waals surface area contributed by atoms with Crippen LogP contribution >= 0.6 is 15.9 Å². The van der Waals surface area contributed by atoms with Crippen LogP contribution in [-0.2, 0) is 0 Å². The predicted octanol–water partition coefficient (Wildman–Crippen LogP) is 4.53. The van der Waals surface area contributed by atoms with E-state index >= 15 is 0 Å². The second-order valence-electron chi connectivity index (χ2n) is 4.19. The number of nitro benzene ring substituents is 1. The van der Waals surface area contributed by atoms with Crippen molar-refractivity contribution in [1.29, 1.82) is 0 Å². The number of anilines is 3. The lowest BCUT2D eigenvalue weighted by molar-refractivity contribution is -0.384. The van der Waals surface area contributed by atoms with Crippen molar-refractivity contribution >= 4 is 38.7 Å². The average molecular weight is 336 g/mol. The lowest BCUT2D eigenvalue weighted by atomic mass is 10.2. The van der Waals surface area contributed by atoms with Crippen molar-refractivity contribution in [2.75, 3.05) is 17.2 Å². The Labute approximate surface area is 125 Å². The van der Waals surface area contributed by atoms with Crippen LogP contribution in [0.1, 0.15) is 6.92 Å². The summed E-state index contributed by atoms with van der Waals surface area (Å²) in [5.74, 6) is 0. The van der Waals surface area contributed by atoms with E-state index in [9.17, 15) is 10.1 Å². The van der Waals surface area contributed by atoms with Gasteiger partial charge in [0.2, 0.25) is 0 Å². The van der Waals surface area contributed by atoms with Gasteiger partial charge in [-0.2, -0.15) is 0 Å². The molecule has 2 rings (SSSR count). The van der Waals surface area contributed by atoms with E-state index in [1.165, 1.54) is 12.1 Å². The lowest BCUT2D eigenvalue weighted by Gasteiger charge is -2.10. The van der Waals surface area contributed by atoms with Crippen molar-refractivity contribution in [2.24, 2.45) is 0 Å². The van der Waals surface area contributed by atoms with E-state index in [4.69, 9.17) is 0 Å². The third kappa shape index (κ3) is 3.71. The first kappa shape index (κ1) is 14.3. The molecule has 0 aromatic heterocycles. The number of hydrogen-bond donors (Lipinski definition) is 2. The average Bonchev–Trinajstić information content (AvgIpc) is 2.38. The molecule has 0 unspecified atom stereocenters. The van der Waals surface area contributed by atoms with Crippen molar-refractivity contribution in [1.82, 2.24) is 0 Å². The topological polar surface area (TPSA) is 67.2 Å². The Morgan fingerprint density at radius 3 is 2.55 bits per heavy atom. The van der Waals surface area contributed by atoms with Gasteiger partial charge in [-0.1, -0.05) is 22.0 Å². The Balaban J connectivity index is 2.32. The van der Waals surface area contributed by atoms with Gasteiger partial charge in [-0.3, -0.25) is 10.1 Å². The lowest BCUT2D eigenvalue weighted by Crippen LogP contribution is -2.00. The zero-order valence-electron chi connectivity index (χ0n) is 10.9. The first-order valence-corrected chi connectivity index (χ1v) is 6.93. The highest BCUT2D eigenvalue weighted by molar-refractivity contribution is 9.10. The molecule has 2 aromatic rings. The van der Waals surface area contributed by atoms with Crippen LogP contribution in [0.25, 0.3) is 0 Å². The summed E-state index contributed by atoms with van der Waals surface area (Å²) in [7, 11) is 0. The van der Waals surface area contributed by atoms with Crippen LogP contribution in [-0.4, -0.2) is 11.5 Å². The van der Waals surface area contributed by atoms with Crippen molar-refractivity contribution in [3.63, 3.8) is 0 Å². The summed E-state index contributed by atoms with van der Waals surface area (Å²) in [4.78, 5) is 10.6. The molecule has 104 valence electrons. The van der Waals surface area contributed by atoms with E-state index in [2.05, 4.69) is 26.6 Å². The van der Waals surface area contributed by atoms with Gasteiger partial charge in [0, 0.05) is 40.2 Å². The quantitative estimate of drug-likeness (QED) is 0.622. The monoisotopic (exact) mass is 335 g/mol. The first-order valence-electron chi connectivity index (χ1n) is 6.14. The summed E-state index contributed by atoms with van der Waals surface area (Å²) in [5.41, 5.74) is 2.32. The van der Waals surface area contributed by atoms with Crippen LogP contribution < -0.4 is 10.6 Å². The number of nitrogens with one attached hydrogen (secondary N) is 2. The number of non-ortho nitro benzene ring substituents is 1. The molecule has 0 radical (unpaired) electrons. The molecule has 0 saturated heterocycles. The molecule has 0 spiro atoms. The van der Waals surface area contributed by atoms with Gasteiger partial charge >= 0.3 is 0 Å². The molecule has 0 fully saturated rings. The third-order valence-corrected chi connectivity index (χ3v) is 3.12. The molecular weight excluding hydrogens is 322 g/mol. The van der Waals surface area contributed by atoms with E-state index < -0.39 is 4.92 Å². The maximum atomic E-state index is 11.0. The van der Waals surface area contributed by atoms with Gasteiger partial charge in [-0.15, -0.1) is 0 Å². The summed E-state index contributed by atoms with van der Waals surface area (Å²) in [6, 6.07) is 12.5. The summed E-state index contributed by atoms with van der Waals surface area (Å²) in [6.45, 7) is 2.65. The zero-order valence-corrected chi connectivity index (χ0v) is 12.5. The van der Waals surface area contributed by atoms with Gasteiger partial charge in [0.15, 0.2) is 0 Å². The molecule has 2 aromatic carbocycles. The minimum absolute atomic E-state index is 0.0564. The van der Waals surface area contributed by atoms with E-state index in [-0.39, 0.29) is 5.69 Å². The molecular formula is C14H14BrN3O2. The minimum atomic E-state index is -0.396. The fourth-order valence-electron chi connectivity index (χ4n) is 1.83. The predicted molar refractivity (Wildman–Crippen MR) is 84.7 cm³/mol. The minimum Gasteiger partial charge on any atom is -0.385 e. The molecule has 0 aliphatic rings. The van der Waals surface area contributed by atoms with Gasteiger partial charge in [0.05, 0.1) is 4.92 Å². The third-order valence-electron chi connectivity index (χ3n) is 2.62. The Morgan fingerprint density at radius 2 is 1.90 bits per heavy atom.